The summed E-state index contributed by atoms with van der Waals surface area (Å²) in [6.07, 6.45) is 14.3. The summed E-state index contributed by atoms with van der Waals surface area (Å²) in [4.78, 5) is 91.2. The first kappa shape index (κ1) is 37.5. The van der Waals surface area contributed by atoms with Gasteiger partial charge in [0.05, 0.1) is 24.8 Å². The first-order valence-corrected chi connectivity index (χ1v) is 18.7. The number of likely N-dealkylation sites (tertiary alicyclic amines) is 1. The van der Waals surface area contributed by atoms with E-state index >= 15 is 0 Å². The Kier molecular flexibility index (Phi) is 12.4. The SMILES string of the molecule is CCC[C@H](NCC(=O)[C@H]1[C@H]2CCCC2CN1C(=O)[C@@H](NC(=O)[C@@H](NC(=O)c1cnccn1)C1CCCCC1)C(C)(C)C)C(=O)C(=O)NC1CC1. The van der Waals surface area contributed by atoms with Crippen LogP contribution in [0.4, 0.5) is 0 Å². The zero-order valence-corrected chi connectivity index (χ0v) is 30.0. The molecule has 1 aliphatic heterocycles. The molecule has 3 saturated carbocycles. The van der Waals surface area contributed by atoms with E-state index in [2.05, 4.69) is 31.2 Å². The van der Waals surface area contributed by atoms with E-state index in [1.54, 1.807) is 4.90 Å². The van der Waals surface area contributed by atoms with Crippen molar-refractivity contribution in [2.75, 3.05) is 13.1 Å². The quantitative estimate of drug-likeness (QED) is 0.201. The summed E-state index contributed by atoms with van der Waals surface area (Å²) >= 11 is 0. The molecular formula is C37H55N7O6. The summed E-state index contributed by atoms with van der Waals surface area (Å²) in [5, 5.41) is 11.7. The molecule has 13 heteroatoms. The number of hydrogen-bond donors (Lipinski definition) is 4. The Morgan fingerprint density at radius 1 is 0.920 bits per heavy atom. The molecule has 1 aromatic heterocycles. The number of ketones is 2. The molecule has 1 aromatic rings. The van der Waals surface area contributed by atoms with Crippen molar-refractivity contribution in [1.82, 2.24) is 36.1 Å². The summed E-state index contributed by atoms with van der Waals surface area (Å²) in [5.74, 6) is -2.59. The number of amides is 4. The zero-order chi connectivity index (χ0) is 36.0. The van der Waals surface area contributed by atoms with Crippen molar-refractivity contribution >= 4 is 35.2 Å². The molecule has 4 amide bonds. The van der Waals surface area contributed by atoms with Crippen molar-refractivity contribution in [3.63, 3.8) is 0 Å². The minimum absolute atomic E-state index is 0.00989. The van der Waals surface area contributed by atoms with Crippen molar-refractivity contribution in [2.24, 2.45) is 23.2 Å². The third-order valence-corrected chi connectivity index (χ3v) is 10.9. The minimum Gasteiger partial charge on any atom is -0.347 e. The van der Waals surface area contributed by atoms with E-state index in [1.807, 2.05) is 27.7 Å². The predicted octanol–water partition coefficient (Wildman–Crippen LogP) is 2.49. The molecule has 0 spiro atoms. The molecule has 4 N–H and O–H groups in total. The van der Waals surface area contributed by atoms with Crippen LogP contribution in [0.15, 0.2) is 18.6 Å². The summed E-state index contributed by atoms with van der Waals surface area (Å²) in [7, 11) is 0. The third-order valence-electron chi connectivity index (χ3n) is 10.9. The maximum atomic E-state index is 14.6. The Bertz CT molecular complexity index is 1400. The number of aromatic nitrogens is 2. The van der Waals surface area contributed by atoms with Gasteiger partial charge in [-0.2, -0.15) is 0 Å². The first-order chi connectivity index (χ1) is 23.9. The number of nitrogens with one attached hydrogen (secondary N) is 4. The molecule has 6 atom stereocenters. The molecule has 1 saturated heterocycles. The van der Waals surface area contributed by atoms with Gasteiger partial charge in [0.25, 0.3) is 11.8 Å². The molecular weight excluding hydrogens is 638 g/mol. The summed E-state index contributed by atoms with van der Waals surface area (Å²) in [5.41, 5.74) is -0.606. The van der Waals surface area contributed by atoms with Crippen molar-refractivity contribution in [3.8, 4) is 0 Å². The lowest BCUT2D eigenvalue weighted by Crippen LogP contribution is -2.61. The monoisotopic (exact) mass is 693 g/mol. The standard InChI is InChI=1S/C37H55N7O6/c1-5-10-26(31(46)35(49)41-24-15-16-24)40-20-28(45)30-25-14-9-13-23(25)21-44(30)36(50)32(37(2,3)4)43-34(48)29(22-11-7-6-8-12-22)42-33(47)27-19-38-17-18-39-27/h17-19,22-26,29-30,32,40H,5-16,20-21H2,1-4H3,(H,41,49)(H,42,47)(H,43,48)/t23?,25-,26-,29-,30+,32+/m0/s1. The van der Waals surface area contributed by atoms with Crippen LogP contribution in [0.3, 0.4) is 0 Å². The van der Waals surface area contributed by atoms with E-state index in [9.17, 15) is 28.8 Å². The largest absolute Gasteiger partial charge is 0.347 e. The van der Waals surface area contributed by atoms with Crippen LogP contribution in [-0.2, 0) is 24.0 Å². The molecule has 4 aliphatic rings. The Balaban J connectivity index is 1.32. The fourth-order valence-electron chi connectivity index (χ4n) is 8.07. The number of hydrogen-bond acceptors (Lipinski definition) is 9. The second kappa shape index (κ2) is 16.5. The lowest BCUT2D eigenvalue weighted by atomic mass is 9.82. The summed E-state index contributed by atoms with van der Waals surface area (Å²) in [6.45, 7) is 7.84. The average Bonchev–Trinajstić information content (AvgIpc) is 3.67. The van der Waals surface area contributed by atoms with Crippen molar-refractivity contribution in [2.45, 2.75) is 135 Å². The molecule has 0 aromatic carbocycles. The number of nitrogens with zero attached hydrogens (tertiary/aromatic N) is 3. The molecule has 274 valence electrons. The number of carbonyl (C=O) groups excluding carboxylic acids is 6. The van der Waals surface area contributed by atoms with Gasteiger partial charge in [-0.05, 0) is 68.1 Å². The molecule has 3 aliphatic carbocycles. The van der Waals surface area contributed by atoms with Crippen molar-refractivity contribution < 1.29 is 28.8 Å². The van der Waals surface area contributed by atoms with Crippen molar-refractivity contribution in [3.05, 3.63) is 24.3 Å². The molecule has 13 nitrogen and oxygen atoms in total. The molecule has 5 rings (SSSR count). The number of rotatable bonds is 15. The number of carbonyl (C=O) groups is 6. The van der Waals surface area contributed by atoms with Gasteiger partial charge in [-0.3, -0.25) is 33.8 Å². The Hall–Kier alpha value is -3.74. The van der Waals surface area contributed by atoms with E-state index < -0.39 is 53.1 Å². The highest BCUT2D eigenvalue weighted by Gasteiger charge is 2.52. The van der Waals surface area contributed by atoms with E-state index in [0.717, 1.165) is 64.2 Å². The molecule has 2 heterocycles. The van der Waals surface area contributed by atoms with E-state index in [-0.39, 0.29) is 47.7 Å². The second-order valence-electron chi connectivity index (χ2n) is 15.8. The Labute approximate surface area is 295 Å². The second-order valence-corrected chi connectivity index (χ2v) is 15.8. The fraction of sp³-hybridized carbons (Fsp3) is 0.730. The van der Waals surface area contributed by atoms with Crippen LogP contribution in [0, 0.1) is 23.2 Å². The van der Waals surface area contributed by atoms with Gasteiger partial charge in [-0.1, -0.05) is 59.8 Å². The highest BCUT2D eigenvalue weighted by atomic mass is 16.2. The van der Waals surface area contributed by atoms with E-state index in [1.165, 1.54) is 18.6 Å². The lowest BCUT2D eigenvalue weighted by molar-refractivity contribution is -0.144. The minimum atomic E-state index is -0.961. The smallest absolute Gasteiger partial charge is 0.289 e. The number of fused-ring (bicyclic) bond motifs is 1. The van der Waals surface area contributed by atoms with Crippen LogP contribution >= 0.6 is 0 Å². The summed E-state index contributed by atoms with van der Waals surface area (Å²) < 4.78 is 0. The lowest BCUT2D eigenvalue weighted by Gasteiger charge is -2.38. The van der Waals surface area contributed by atoms with Gasteiger partial charge in [0, 0.05) is 25.0 Å². The van der Waals surface area contributed by atoms with Gasteiger partial charge in [-0.25, -0.2) is 4.98 Å². The van der Waals surface area contributed by atoms with Gasteiger partial charge in [0.2, 0.25) is 17.6 Å². The van der Waals surface area contributed by atoms with Gasteiger partial charge in [0.15, 0.2) is 5.78 Å². The highest BCUT2D eigenvalue weighted by molar-refractivity contribution is 6.38. The van der Waals surface area contributed by atoms with Gasteiger partial charge in [-0.15, -0.1) is 0 Å². The van der Waals surface area contributed by atoms with Gasteiger partial charge in [0.1, 0.15) is 17.8 Å². The molecule has 50 heavy (non-hydrogen) atoms. The fourth-order valence-corrected chi connectivity index (χ4v) is 8.07. The number of Topliss-reactive ketones (excluding diaryl/α,β-unsaturated/α-hetero) is 2. The maximum absolute atomic E-state index is 14.6. The molecule has 1 unspecified atom stereocenters. The van der Waals surface area contributed by atoms with E-state index in [4.69, 9.17) is 0 Å². The highest BCUT2D eigenvalue weighted by Crippen LogP contribution is 2.43. The topological polar surface area (TPSA) is 180 Å². The van der Waals surface area contributed by atoms with E-state index in [0.29, 0.717) is 19.4 Å². The van der Waals surface area contributed by atoms with Crippen molar-refractivity contribution in [1.29, 1.82) is 0 Å². The van der Waals surface area contributed by atoms with Crippen LogP contribution in [0.5, 0.6) is 0 Å². The third kappa shape index (κ3) is 9.13. The zero-order valence-electron chi connectivity index (χ0n) is 30.0. The van der Waals surface area contributed by atoms with Crippen LogP contribution < -0.4 is 21.3 Å². The van der Waals surface area contributed by atoms with Crippen LogP contribution in [0.2, 0.25) is 0 Å². The normalized spacial score (nSPS) is 24.1. The van der Waals surface area contributed by atoms with Crippen LogP contribution in [0.25, 0.3) is 0 Å². The van der Waals surface area contributed by atoms with Crippen LogP contribution in [-0.4, -0.2) is 93.4 Å². The molecule has 0 radical (unpaired) electrons. The molecule has 0 bridgehead atoms. The molecule has 4 fully saturated rings. The van der Waals surface area contributed by atoms with Gasteiger partial charge >= 0.3 is 0 Å². The van der Waals surface area contributed by atoms with Crippen LogP contribution in [0.1, 0.15) is 115 Å². The predicted molar refractivity (Wildman–Crippen MR) is 185 cm³/mol. The average molecular weight is 694 g/mol. The first-order valence-electron chi connectivity index (χ1n) is 18.7. The Morgan fingerprint density at radius 3 is 2.30 bits per heavy atom. The maximum Gasteiger partial charge on any atom is 0.289 e. The Morgan fingerprint density at radius 2 is 1.66 bits per heavy atom. The summed E-state index contributed by atoms with van der Waals surface area (Å²) in [6, 6.07) is -3.27. The van der Waals surface area contributed by atoms with Gasteiger partial charge < -0.3 is 26.2 Å².